The van der Waals surface area contributed by atoms with Crippen molar-refractivity contribution >= 4 is 28.4 Å². The minimum atomic E-state index is -0.995. The van der Waals surface area contributed by atoms with Crippen molar-refractivity contribution in [3.8, 4) is 0 Å². The van der Waals surface area contributed by atoms with E-state index in [2.05, 4.69) is 0 Å². The lowest BCUT2D eigenvalue weighted by Crippen LogP contribution is -2.28. The molecule has 0 saturated carbocycles. The number of carbonyl (C=O) groups excluding carboxylic acids is 1. The van der Waals surface area contributed by atoms with Gasteiger partial charge in [0.2, 0.25) is 5.79 Å². The van der Waals surface area contributed by atoms with E-state index in [1.54, 1.807) is 12.2 Å². The maximum absolute atomic E-state index is 11.8. The van der Waals surface area contributed by atoms with Crippen molar-refractivity contribution in [2.24, 2.45) is 0 Å². The van der Waals surface area contributed by atoms with E-state index in [0.717, 1.165) is 11.1 Å². The van der Waals surface area contributed by atoms with Crippen molar-refractivity contribution in [3.63, 3.8) is 0 Å². The number of benzene rings is 2. The van der Waals surface area contributed by atoms with Crippen molar-refractivity contribution in [2.75, 3.05) is 0 Å². The number of ketones is 1. The van der Waals surface area contributed by atoms with Crippen LogP contribution in [0.15, 0.2) is 82.5 Å². The van der Waals surface area contributed by atoms with E-state index in [4.69, 9.17) is 9.47 Å². The summed E-state index contributed by atoms with van der Waals surface area (Å²) < 4.78 is 13.2. The van der Waals surface area contributed by atoms with Crippen molar-refractivity contribution in [1.82, 2.24) is 0 Å². The molecule has 1 heterocycles. The van der Waals surface area contributed by atoms with Crippen molar-refractivity contribution in [3.05, 3.63) is 93.6 Å². The van der Waals surface area contributed by atoms with Gasteiger partial charge in [-0.1, -0.05) is 60.7 Å². The van der Waals surface area contributed by atoms with Gasteiger partial charge in [-0.25, -0.2) is 0 Å². The van der Waals surface area contributed by atoms with Crippen LogP contribution in [0.5, 0.6) is 0 Å². The second kappa shape index (κ2) is 6.27. The minimum Gasteiger partial charge on any atom is -0.332 e. The highest BCUT2D eigenvalue weighted by Crippen LogP contribution is 2.49. The standard InChI is InChI=1S/C20H15IO3/c21-16-13-20(12-11-17(16)22)23-18(14-7-3-1-4-8-14)19(24-20)15-9-5-2-6-10-15/h1-13,18-19H/t18-,19-/m1/s1. The number of carbonyl (C=O) groups is 1. The van der Waals surface area contributed by atoms with E-state index < -0.39 is 5.79 Å². The van der Waals surface area contributed by atoms with Gasteiger partial charge < -0.3 is 9.47 Å². The highest BCUT2D eigenvalue weighted by Gasteiger charge is 2.47. The smallest absolute Gasteiger partial charge is 0.211 e. The molecule has 2 atom stereocenters. The maximum atomic E-state index is 11.8. The van der Waals surface area contributed by atoms with E-state index >= 15 is 0 Å². The summed E-state index contributed by atoms with van der Waals surface area (Å²) in [5.74, 6) is -1.02. The molecule has 4 heteroatoms. The summed E-state index contributed by atoms with van der Waals surface area (Å²) in [5, 5.41) is 0. The third-order valence-electron chi connectivity index (χ3n) is 4.18. The third kappa shape index (κ3) is 2.85. The fraction of sp³-hybridized carbons (Fsp3) is 0.150. The molecule has 1 aliphatic heterocycles. The number of allylic oxidation sites excluding steroid dienone is 2. The lowest BCUT2D eigenvalue weighted by atomic mass is 9.99. The fourth-order valence-corrected chi connectivity index (χ4v) is 3.65. The summed E-state index contributed by atoms with van der Waals surface area (Å²) in [6.45, 7) is 0. The molecule has 4 rings (SSSR count). The molecule has 24 heavy (non-hydrogen) atoms. The predicted molar refractivity (Wildman–Crippen MR) is 99.5 cm³/mol. The van der Waals surface area contributed by atoms with Crippen LogP contribution in [0.2, 0.25) is 0 Å². The van der Waals surface area contributed by atoms with Crippen LogP contribution in [-0.2, 0) is 14.3 Å². The zero-order chi connectivity index (χ0) is 16.6. The Balaban J connectivity index is 1.76. The molecule has 1 spiro atoms. The summed E-state index contributed by atoms with van der Waals surface area (Å²) in [7, 11) is 0. The zero-order valence-electron chi connectivity index (χ0n) is 12.8. The highest BCUT2D eigenvalue weighted by molar-refractivity contribution is 14.1. The highest BCUT2D eigenvalue weighted by atomic mass is 127. The maximum Gasteiger partial charge on any atom is 0.211 e. The van der Waals surface area contributed by atoms with Crippen LogP contribution in [-0.4, -0.2) is 11.6 Å². The number of hydrogen-bond acceptors (Lipinski definition) is 3. The molecular weight excluding hydrogens is 415 g/mol. The Morgan fingerprint density at radius 2 is 1.33 bits per heavy atom. The quantitative estimate of drug-likeness (QED) is 0.650. The number of ether oxygens (including phenoxy) is 2. The molecule has 2 aliphatic rings. The molecular formula is C20H15IO3. The summed E-state index contributed by atoms with van der Waals surface area (Å²) in [4.78, 5) is 11.8. The first-order valence-corrected chi connectivity index (χ1v) is 8.82. The van der Waals surface area contributed by atoms with Gasteiger partial charge >= 0.3 is 0 Å². The van der Waals surface area contributed by atoms with Crippen LogP contribution < -0.4 is 0 Å². The first-order valence-electron chi connectivity index (χ1n) is 7.74. The fourth-order valence-electron chi connectivity index (χ4n) is 3.03. The Bertz CT molecular complexity index is 764. The van der Waals surface area contributed by atoms with Crippen LogP contribution in [0.3, 0.4) is 0 Å². The van der Waals surface area contributed by atoms with Crippen LogP contribution in [0, 0.1) is 0 Å². The molecule has 0 radical (unpaired) electrons. The van der Waals surface area contributed by atoms with Crippen molar-refractivity contribution in [2.45, 2.75) is 18.0 Å². The molecule has 0 bridgehead atoms. The molecule has 1 saturated heterocycles. The van der Waals surface area contributed by atoms with E-state index in [1.807, 2.05) is 83.3 Å². The van der Waals surface area contributed by atoms with E-state index in [1.165, 1.54) is 6.08 Å². The Kier molecular flexibility index (Phi) is 4.12. The van der Waals surface area contributed by atoms with Gasteiger partial charge in [0.05, 0.1) is 3.58 Å². The molecule has 3 nitrogen and oxygen atoms in total. The zero-order valence-corrected chi connectivity index (χ0v) is 14.9. The summed E-state index contributed by atoms with van der Waals surface area (Å²) in [6, 6.07) is 20.1. The first kappa shape index (κ1) is 15.7. The van der Waals surface area contributed by atoms with Crippen LogP contribution in [0.4, 0.5) is 0 Å². The molecule has 0 unspecified atom stereocenters. The SMILES string of the molecule is O=C1C=CC2(C=C1I)O[C@H](c1ccccc1)[C@@H](c1ccccc1)O2. The lowest BCUT2D eigenvalue weighted by molar-refractivity contribution is -0.115. The van der Waals surface area contributed by atoms with Crippen molar-refractivity contribution < 1.29 is 14.3 Å². The normalized spacial score (nSPS) is 25.0. The van der Waals surface area contributed by atoms with Gasteiger partial charge in [0.15, 0.2) is 5.78 Å². The van der Waals surface area contributed by atoms with E-state index in [-0.39, 0.29) is 18.0 Å². The second-order valence-electron chi connectivity index (χ2n) is 5.81. The number of halogens is 1. The monoisotopic (exact) mass is 430 g/mol. The Hall–Kier alpha value is -1.76. The van der Waals surface area contributed by atoms with E-state index in [9.17, 15) is 4.79 Å². The third-order valence-corrected chi connectivity index (χ3v) is 5.03. The molecule has 0 amide bonds. The average Bonchev–Trinajstić information content (AvgIpc) is 2.99. The Labute approximate surface area is 154 Å². The molecule has 1 fully saturated rings. The molecule has 0 aromatic heterocycles. The summed E-state index contributed by atoms with van der Waals surface area (Å²) in [5.41, 5.74) is 2.11. The Morgan fingerprint density at radius 3 is 1.79 bits per heavy atom. The Morgan fingerprint density at radius 1 is 0.833 bits per heavy atom. The van der Waals surface area contributed by atoms with Crippen LogP contribution in [0.1, 0.15) is 23.3 Å². The topological polar surface area (TPSA) is 35.5 Å². The molecule has 1 aliphatic carbocycles. The molecule has 2 aromatic carbocycles. The minimum absolute atomic E-state index is 0.0205. The summed E-state index contributed by atoms with van der Waals surface area (Å²) in [6.07, 6.45) is 4.50. The van der Waals surface area contributed by atoms with Gasteiger partial charge in [0.25, 0.3) is 0 Å². The average molecular weight is 430 g/mol. The number of hydrogen-bond donors (Lipinski definition) is 0. The largest absolute Gasteiger partial charge is 0.332 e. The van der Waals surface area contributed by atoms with Gasteiger partial charge in [-0.3, -0.25) is 4.79 Å². The second-order valence-corrected chi connectivity index (χ2v) is 6.97. The molecule has 2 aromatic rings. The van der Waals surface area contributed by atoms with Crippen molar-refractivity contribution in [1.29, 1.82) is 0 Å². The molecule has 0 N–H and O–H groups in total. The first-order chi connectivity index (χ1) is 11.7. The lowest BCUT2D eigenvalue weighted by Gasteiger charge is -2.23. The van der Waals surface area contributed by atoms with Gasteiger partial charge in [-0.05, 0) is 51.9 Å². The van der Waals surface area contributed by atoms with Gasteiger partial charge in [-0.15, -0.1) is 0 Å². The molecule has 120 valence electrons. The van der Waals surface area contributed by atoms with E-state index in [0.29, 0.717) is 3.58 Å². The predicted octanol–water partition coefficient (Wildman–Crippen LogP) is 4.67. The van der Waals surface area contributed by atoms with Crippen LogP contribution >= 0.6 is 22.6 Å². The number of rotatable bonds is 2. The summed E-state index contributed by atoms with van der Waals surface area (Å²) >= 11 is 2.03. The van der Waals surface area contributed by atoms with Gasteiger partial charge in [-0.2, -0.15) is 0 Å². The van der Waals surface area contributed by atoms with Gasteiger partial charge in [0, 0.05) is 0 Å². The van der Waals surface area contributed by atoms with Crippen LogP contribution in [0.25, 0.3) is 0 Å². The van der Waals surface area contributed by atoms with Gasteiger partial charge in [0.1, 0.15) is 12.2 Å².